The predicted octanol–water partition coefficient (Wildman–Crippen LogP) is 3.20. The summed E-state index contributed by atoms with van der Waals surface area (Å²) in [5.41, 5.74) is 3.41. The molecule has 2 aromatic heterocycles. The Kier molecular flexibility index (Phi) is 5.28. The molecule has 25 heavy (non-hydrogen) atoms. The molecule has 1 aliphatic heterocycles. The number of aromatic nitrogens is 4. The highest BCUT2D eigenvalue weighted by atomic mass is 35.5. The Bertz CT molecular complexity index is 843. The van der Waals surface area contributed by atoms with E-state index in [-0.39, 0.29) is 12.4 Å². The van der Waals surface area contributed by atoms with Crippen molar-refractivity contribution < 1.29 is 9.47 Å². The van der Waals surface area contributed by atoms with E-state index >= 15 is 0 Å². The molecule has 3 aromatic rings. The van der Waals surface area contributed by atoms with Gasteiger partial charge in [-0.3, -0.25) is 4.68 Å². The van der Waals surface area contributed by atoms with Crippen LogP contribution in [0.25, 0.3) is 11.3 Å². The molecule has 6 nitrogen and oxygen atoms in total. The van der Waals surface area contributed by atoms with Gasteiger partial charge in [-0.1, -0.05) is 6.07 Å². The van der Waals surface area contributed by atoms with Gasteiger partial charge in [-0.25, -0.2) is 4.98 Å². The highest BCUT2D eigenvalue weighted by Gasteiger charge is 2.12. The fourth-order valence-electron chi connectivity index (χ4n) is 2.90. The molecular formula is C18H21ClN4O2. The van der Waals surface area contributed by atoms with Crippen LogP contribution < -0.4 is 9.47 Å². The lowest BCUT2D eigenvalue weighted by atomic mass is 10.1. The maximum atomic E-state index is 5.65. The van der Waals surface area contributed by atoms with E-state index in [1.165, 1.54) is 5.56 Å². The van der Waals surface area contributed by atoms with Crippen LogP contribution in [0.4, 0.5) is 0 Å². The zero-order chi connectivity index (χ0) is 16.4. The van der Waals surface area contributed by atoms with Crippen molar-refractivity contribution >= 4 is 12.4 Å². The van der Waals surface area contributed by atoms with E-state index in [2.05, 4.69) is 39.9 Å². The van der Waals surface area contributed by atoms with Crippen LogP contribution in [0.5, 0.6) is 11.5 Å². The molecule has 4 rings (SSSR count). The summed E-state index contributed by atoms with van der Waals surface area (Å²) in [7, 11) is 0. The third-order valence-corrected chi connectivity index (χ3v) is 4.21. The number of nitrogens with zero attached hydrogens (tertiary/aromatic N) is 4. The van der Waals surface area contributed by atoms with Gasteiger partial charge in [-0.2, -0.15) is 5.10 Å². The number of halogens is 1. The summed E-state index contributed by atoms with van der Waals surface area (Å²) in [6, 6.07) is 6.16. The summed E-state index contributed by atoms with van der Waals surface area (Å²) in [6.07, 6.45) is 8.61. The first-order valence-electron chi connectivity index (χ1n) is 8.25. The Morgan fingerprint density at radius 3 is 2.76 bits per heavy atom. The molecule has 0 spiro atoms. The first-order chi connectivity index (χ1) is 11.8. The van der Waals surface area contributed by atoms with E-state index in [0.29, 0.717) is 13.2 Å². The monoisotopic (exact) mass is 360 g/mol. The van der Waals surface area contributed by atoms with Crippen LogP contribution in [0, 0.1) is 0 Å². The van der Waals surface area contributed by atoms with Gasteiger partial charge in [0.25, 0.3) is 0 Å². The molecule has 0 saturated carbocycles. The lowest BCUT2D eigenvalue weighted by Crippen LogP contribution is -2.15. The highest BCUT2D eigenvalue weighted by Crippen LogP contribution is 2.31. The number of fused-ring (bicyclic) bond motifs is 1. The SMILES string of the molecule is CCn1cc(-c2cncn2CCc2ccc3c(c2)OCCO3)cn1.Cl. The molecule has 0 saturated heterocycles. The Hall–Kier alpha value is -2.47. The normalized spacial score (nSPS) is 12.7. The van der Waals surface area contributed by atoms with Gasteiger partial charge in [-0.15, -0.1) is 12.4 Å². The van der Waals surface area contributed by atoms with Gasteiger partial charge >= 0.3 is 0 Å². The summed E-state index contributed by atoms with van der Waals surface area (Å²) in [5, 5.41) is 4.34. The zero-order valence-corrected chi connectivity index (χ0v) is 14.9. The quantitative estimate of drug-likeness (QED) is 0.701. The average molecular weight is 361 g/mol. The summed E-state index contributed by atoms with van der Waals surface area (Å²) in [5.74, 6) is 1.68. The van der Waals surface area contributed by atoms with E-state index in [0.717, 1.165) is 42.3 Å². The molecule has 0 atom stereocenters. The third-order valence-electron chi connectivity index (χ3n) is 4.21. The van der Waals surface area contributed by atoms with Crippen LogP contribution in [-0.2, 0) is 19.5 Å². The van der Waals surface area contributed by atoms with Crippen molar-refractivity contribution in [3.63, 3.8) is 0 Å². The number of benzene rings is 1. The molecule has 0 aliphatic carbocycles. The van der Waals surface area contributed by atoms with Gasteiger partial charge in [0.15, 0.2) is 11.5 Å². The second kappa shape index (κ2) is 7.61. The van der Waals surface area contributed by atoms with Gasteiger partial charge in [0, 0.05) is 24.8 Å². The lowest BCUT2D eigenvalue weighted by molar-refractivity contribution is 0.171. The summed E-state index contributed by atoms with van der Waals surface area (Å²) >= 11 is 0. The van der Waals surface area contributed by atoms with E-state index in [4.69, 9.17) is 9.47 Å². The smallest absolute Gasteiger partial charge is 0.161 e. The Morgan fingerprint density at radius 2 is 1.96 bits per heavy atom. The first-order valence-corrected chi connectivity index (χ1v) is 8.25. The van der Waals surface area contributed by atoms with Crippen LogP contribution >= 0.6 is 12.4 Å². The molecule has 1 aromatic carbocycles. The number of imidazole rings is 1. The first kappa shape index (κ1) is 17.4. The van der Waals surface area contributed by atoms with Gasteiger partial charge in [-0.05, 0) is 31.0 Å². The molecule has 1 aliphatic rings. The van der Waals surface area contributed by atoms with Crippen LogP contribution in [-0.4, -0.2) is 32.5 Å². The predicted molar refractivity (Wildman–Crippen MR) is 97.5 cm³/mol. The Balaban J connectivity index is 0.00000182. The van der Waals surface area contributed by atoms with Crippen molar-refractivity contribution in [1.82, 2.24) is 19.3 Å². The Morgan fingerprint density at radius 1 is 1.12 bits per heavy atom. The van der Waals surface area contributed by atoms with E-state index in [1.54, 1.807) is 0 Å². The fourth-order valence-corrected chi connectivity index (χ4v) is 2.90. The second-order valence-corrected chi connectivity index (χ2v) is 5.78. The minimum absolute atomic E-state index is 0. The molecule has 3 heterocycles. The van der Waals surface area contributed by atoms with Gasteiger partial charge in [0.1, 0.15) is 13.2 Å². The Labute approximate surface area is 152 Å². The minimum atomic E-state index is 0. The summed E-state index contributed by atoms with van der Waals surface area (Å²) in [6.45, 7) is 5.04. The van der Waals surface area contributed by atoms with E-state index < -0.39 is 0 Å². The largest absolute Gasteiger partial charge is 0.486 e. The third kappa shape index (κ3) is 3.64. The average Bonchev–Trinajstić information content (AvgIpc) is 3.28. The fraction of sp³-hybridized carbons (Fsp3) is 0.333. The van der Waals surface area contributed by atoms with Crippen molar-refractivity contribution in [3.05, 3.63) is 48.7 Å². The van der Waals surface area contributed by atoms with E-state index in [9.17, 15) is 0 Å². The van der Waals surface area contributed by atoms with Crippen LogP contribution in [0.2, 0.25) is 0 Å². The molecule has 0 fully saturated rings. The summed E-state index contributed by atoms with van der Waals surface area (Å²) < 4.78 is 15.3. The van der Waals surface area contributed by atoms with Crippen LogP contribution in [0.15, 0.2) is 43.1 Å². The zero-order valence-electron chi connectivity index (χ0n) is 14.1. The molecule has 132 valence electrons. The molecule has 0 unspecified atom stereocenters. The maximum absolute atomic E-state index is 5.65. The number of hydrogen-bond donors (Lipinski definition) is 0. The molecule has 0 amide bonds. The van der Waals surface area contributed by atoms with Gasteiger partial charge in [0.05, 0.1) is 24.4 Å². The van der Waals surface area contributed by atoms with Crippen LogP contribution in [0.1, 0.15) is 12.5 Å². The molecule has 0 radical (unpaired) electrons. The van der Waals surface area contributed by atoms with Crippen LogP contribution in [0.3, 0.4) is 0 Å². The van der Waals surface area contributed by atoms with Gasteiger partial charge < -0.3 is 14.0 Å². The van der Waals surface area contributed by atoms with Crippen molar-refractivity contribution in [2.75, 3.05) is 13.2 Å². The highest BCUT2D eigenvalue weighted by molar-refractivity contribution is 5.85. The second-order valence-electron chi connectivity index (χ2n) is 5.78. The van der Waals surface area contributed by atoms with Crippen molar-refractivity contribution in [2.24, 2.45) is 0 Å². The molecular weight excluding hydrogens is 340 g/mol. The van der Waals surface area contributed by atoms with Crippen molar-refractivity contribution in [3.8, 4) is 22.8 Å². The van der Waals surface area contributed by atoms with Crippen molar-refractivity contribution in [1.29, 1.82) is 0 Å². The molecule has 0 N–H and O–H groups in total. The number of ether oxygens (including phenoxy) is 2. The standard InChI is InChI=1S/C18H20N4O2.ClH/c1-2-22-12-15(10-20-22)16-11-19-13-21(16)6-5-14-3-4-17-18(9-14)24-8-7-23-17;/h3-4,9-13H,2,5-8H2,1H3;1H. The van der Waals surface area contributed by atoms with Crippen molar-refractivity contribution in [2.45, 2.75) is 26.4 Å². The topological polar surface area (TPSA) is 54.1 Å². The maximum Gasteiger partial charge on any atom is 0.161 e. The van der Waals surface area contributed by atoms with E-state index in [1.807, 2.05) is 29.5 Å². The summed E-state index contributed by atoms with van der Waals surface area (Å²) in [4.78, 5) is 4.30. The lowest BCUT2D eigenvalue weighted by Gasteiger charge is -2.19. The number of rotatable bonds is 5. The molecule has 0 bridgehead atoms. The van der Waals surface area contributed by atoms with Gasteiger partial charge in [0.2, 0.25) is 0 Å². The number of hydrogen-bond acceptors (Lipinski definition) is 4. The molecule has 7 heteroatoms. The minimum Gasteiger partial charge on any atom is -0.486 e. The number of aryl methyl sites for hydroxylation is 3.